The first kappa shape index (κ1) is 26.7. The Morgan fingerprint density at radius 3 is 2.30 bits per heavy atom. The number of carbonyl (C=O) groups excluding carboxylic acids is 2. The van der Waals surface area contributed by atoms with Crippen LogP contribution in [0.3, 0.4) is 0 Å². The van der Waals surface area contributed by atoms with E-state index in [2.05, 4.69) is 15.5 Å². The predicted molar refractivity (Wildman–Crippen MR) is 152 cm³/mol. The average molecular weight is 558 g/mol. The van der Waals surface area contributed by atoms with Gasteiger partial charge < -0.3 is 19.9 Å². The highest BCUT2D eigenvalue weighted by Gasteiger charge is 2.24. The number of piperazine rings is 1. The number of hydrogen-bond acceptors (Lipinski definition) is 5. The number of nitrogens with one attached hydrogen (secondary N) is 2. The van der Waals surface area contributed by atoms with E-state index in [1.165, 1.54) is 0 Å². The number of rotatable bonds is 6. The summed E-state index contributed by atoms with van der Waals surface area (Å²) in [6, 6.07) is 19.5. The second-order valence-corrected chi connectivity index (χ2v) is 9.54. The van der Waals surface area contributed by atoms with Crippen LogP contribution < -0.4 is 20.3 Å². The molecule has 1 fully saturated rings. The Kier molecular flexibility index (Phi) is 8.87. The number of hydrogen-bond donors (Lipinski definition) is 2. The van der Waals surface area contributed by atoms with Gasteiger partial charge in [0.1, 0.15) is 5.75 Å². The molecule has 3 aromatic carbocycles. The smallest absolute Gasteiger partial charge is 0.257 e. The van der Waals surface area contributed by atoms with E-state index in [0.717, 1.165) is 11.4 Å². The Balaban J connectivity index is 1.36. The van der Waals surface area contributed by atoms with E-state index in [1.807, 2.05) is 36.1 Å². The van der Waals surface area contributed by atoms with Gasteiger partial charge in [0.2, 0.25) is 0 Å². The van der Waals surface area contributed by atoms with E-state index in [4.69, 9.17) is 40.2 Å². The van der Waals surface area contributed by atoms with E-state index in [9.17, 15) is 9.59 Å². The van der Waals surface area contributed by atoms with E-state index in [-0.39, 0.29) is 16.9 Å². The Hall–Kier alpha value is -3.33. The second kappa shape index (κ2) is 12.3. The largest absolute Gasteiger partial charge is 0.492 e. The molecule has 0 unspecified atom stereocenters. The third kappa shape index (κ3) is 6.71. The molecule has 192 valence electrons. The molecule has 0 radical (unpaired) electrons. The van der Waals surface area contributed by atoms with Gasteiger partial charge in [0.25, 0.3) is 11.8 Å². The van der Waals surface area contributed by atoms with Crippen LogP contribution in [0.1, 0.15) is 27.6 Å². The first-order valence-corrected chi connectivity index (χ1v) is 13.0. The molecule has 1 heterocycles. The summed E-state index contributed by atoms with van der Waals surface area (Å²) >= 11 is 17.6. The Bertz CT molecular complexity index is 1300. The molecular weight excluding hydrogens is 531 g/mol. The number of halogens is 2. The third-order valence-corrected chi connectivity index (χ3v) is 6.62. The molecule has 0 bridgehead atoms. The monoisotopic (exact) mass is 556 g/mol. The Labute approximate surface area is 231 Å². The maximum Gasteiger partial charge on any atom is 0.257 e. The number of nitrogens with zero attached hydrogens (tertiary/aromatic N) is 2. The van der Waals surface area contributed by atoms with Crippen LogP contribution in [0.4, 0.5) is 11.4 Å². The van der Waals surface area contributed by atoms with Gasteiger partial charge in [-0.1, -0.05) is 35.3 Å². The molecule has 0 spiro atoms. The lowest BCUT2D eigenvalue weighted by Gasteiger charge is -2.37. The quantitative estimate of drug-likeness (QED) is 0.391. The van der Waals surface area contributed by atoms with E-state index < -0.39 is 0 Å². The van der Waals surface area contributed by atoms with Crippen LogP contribution in [-0.4, -0.2) is 54.6 Å². The number of amides is 2. The van der Waals surface area contributed by atoms with Gasteiger partial charge in [-0.25, -0.2) is 0 Å². The molecule has 37 heavy (non-hydrogen) atoms. The van der Waals surface area contributed by atoms with Crippen LogP contribution in [-0.2, 0) is 0 Å². The fraction of sp³-hybridized carbons (Fsp3) is 0.222. The molecule has 2 amide bonds. The zero-order chi connectivity index (χ0) is 26.4. The van der Waals surface area contributed by atoms with Crippen molar-refractivity contribution < 1.29 is 14.3 Å². The van der Waals surface area contributed by atoms with Gasteiger partial charge in [0.15, 0.2) is 5.11 Å². The zero-order valence-corrected chi connectivity index (χ0v) is 22.5. The van der Waals surface area contributed by atoms with Crippen molar-refractivity contribution in [3.63, 3.8) is 0 Å². The van der Waals surface area contributed by atoms with Crippen LogP contribution in [0.25, 0.3) is 0 Å². The average Bonchev–Trinajstić information content (AvgIpc) is 2.90. The molecule has 2 N–H and O–H groups in total. The minimum atomic E-state index is -0.380. The van der Waals surface area contributed by atoms with Gasteiger partial charge in [0, 0.05) is 42.3 Å². The Morgan fingerprint density at radius 2 is 1.62 bits per heavy atom. The van der Waals surface area contributed by atoms with Crippen LogP contribution in [0.5, 0.6) is 5.75 Å². The molecule has 7 nitrogen and oxygen atoms in total. The fourth-order valence-electron chi connectivity index (χ4n) is 4.02. The van der Waals surface area contributed by atoms with E-state index >= 15 is 0 Å². The van der Waals surface area contributed by atoms with Gasteiger partial charge in [-0.15, -0.1) is 0 Å². The number of thiocarbonyl (C=S) groups is 1. The minimum absolute atomic E-state index is 0.0130. The standard InChI is InChI=1S/C27H26Cl2N4O3S/c1-2-36-24-12-9-19(17-21(24)29)25(34)31-27(37)30-22-5-3-4-6-23(22)32-13-15-33(16-14-32)26(35)18-7-10-20(28)11-8-18/h3-12,17H,2,13-16H2,1H3,(H2,30,31,34,37). The number of anilines is 2. The van der Waals surface area contributed by atoms with E-state index in [0.29, 0.717) is 59.7 Å². The molecule has 3 aromatic rings. The lowest BCUT2D eigenvalue weighted by atomic mass is 10.1. The van der Waals surface area contributed by atoms with Crippen molar-refractivity contribution in [2.24, 2.45) is 0 Å². The summed E-state index contributed by atoms with van der Waals surface area (Å²) in [7, 11) is 0. The summed E-state index contributed by atoms with van der Waals surface area (Å²) in [6.45, 7) is 4.81. The molecule has 0 aliphatic carbocycles. The van der Waals surface area contributed by atoms with Crippen molar-refractivity contribution in [1.82, 2.24) is 10.2 Å². The summed E-state index contributed by atoms with van der Waals surface area (Å²) < 4.78 is 5.42. The van der Waals surface area contributed by atoms with Gasteiger partial charge in [-0.3, -0.25) is 14.9 Å². The number of para-hydroxylation sites is 2. The summed E-state index contributed by atoms with van der Waals surface area (Å²) in [4.78, 5) is 29.6. The van der Waals surface area contributed by atoms with Crippen LogP contribution in [0.2, 0.25) is 10.0 Å². The van der Waals surface area contributed by atoms with Crippen molar-refractivity contribution in [2.75, 3.05) is 43.0 Å². The first-order valence-electron chi connectivity index (χ1n) is 11.8. The van der Waals surface area contributed by atoms with Crippen molar-refractivity contribution in [2.45, 2.75) is 6.92 Å². The molecule has 1 saturated heterocycles. The van der Waals surface area contributed by atoms with Gasteiger partial charge in [-0.05, 0) is 73.7 Å². The first-order chi connectivity index (χ1) is 17.9. The summed E-state index contributed by atoms with van der Waals surface area (Å²) in [5.74, 6) is 0.126. The topological polar surface area (TPSA) is 73.9 Å². The highest BCUT2D eigenvalue weighted by molar-refractivity contribution is 7.80. The lowest BCUT2D eigenvalue weighted by Crippen LogP contribution is -2.49. The van der Waals surface area contributed by atoms with Crippen LogP contribution in [0, 0.1) is 0 Å². The third-order valence-electron chi connectivity index (χ3n) is 5.87. The van der Waals surface area contributed by atoms with Crippen molar-refractivity contribution in [3.05, 3.63) is 87.9 Å². The summed E-state index contributed by atoms with van der Waals surface area (Å²) in [5, 5.41) is 6.95. The van der Waals surface area contributed by atoms with Gasteiger partial charge in [-0.2, -0.15) is 0 Å². The highest BCUT2D eigenvalue weighted by atomic mass is 35.5. The minimum Gasteiger partial charge on any atom is -0.492 e. The molecule has 0 saturated carbocycles. The summed E-state index contributed by atoms with van der Waals surface area (Å²) in [6.07, 6.45) is 0. The molecule has 10 heteroatoms. The molecule has 0 atom stereocenters. The molecule has 1 aliphatic rings. The Morgan fingerprint density at radius 1 is 0.946 bits per heavy atom. The zero-order valence-electron chi connectivity index (χ0n) is 20.2. The molecule has 0 aromatic heterocycles. The molecule has 1 aliphatic heterocycles. The van der Waals surface area contributed by atoms with Gasteiger partial charge in [0.05, 0.1) is 23.0 Å². The lowest BCUT2D eigenvalue weighted by molar-refractivity contribution is 0.0746. The van der Waals surface area contributed by atoms with Crippen LogP contribution in [0.15, 0.2) is 66.7 Å². The van der Waals surface area contributed by atoms with Crippen LogP contribution >= 0.6 is 35.4 Å². The molecule has 4 rings (SSSR count). The van der Waals surface area contributed by atoms with Crippen molar-refractivity contribution >= 4 is 63.7 Å². The normalized spacial score (nSPS) is 13.2. The maximum atomic E-state index is 12.8. The predicted octanol–water partition coefficient (Wildman–Crippen LogP) is 5.48. The number of ether oxygens (including phenoxy) is 1. The van der Waals surface area contributed by atoms with E-state index in [1.54, 1.807) is 42.5 Å². The SMILES string of the molecule is CCOc1ccc(C(=O)NC(=S)Nc2ccccc2N2CCN(C(=O)c3ccc(Cl)cc3)CC2)cc1Cl. The number of benzene rings is 3. The molecular formula is C27H26Cl2N4O3S. The maximum absolute atomic E-state index is 12.8. The second-order valence-electron chi connectivity index (χ2n) is 8.29. The highest BCUT2D eigenvalue weighted by Crippen LogP contribution is 2.28. The fourth-order valence-corrected chi connectivity index (χ4v) is 4.59. The van der Waals surface area contributed by atoms with Crippen molar-refractivity contribution in [1.29, 1.82) is 0 Å². The van der Waals surface area contributed by atoms with Crippen molar-refractivity contribution in [3.8, 4) is 5.75 Å². The number of carbonyl (C=O) groups is 2. The summed E-state index contributed by atoms with van der Waals surface area (Å²) in [5.41, 5.74) is 2.68. The van der Waals surface area contributed by atoms with Gasteiger partial charge >= 0.3 is 0 Å².